The van der Waals surface area contributed by atoms with Gasteiger partial charge in [-0.2, -0.15) is 15.5 Å². The molecule has 0 aromatic rings. The Bertz CT molecular complexity index is 451. The third-order valence-corrected chi connectivity index (χ3v) is 2.93. The second-order valence-corrected chi connectivity index (χ2v) is 5.22. The van der Waals surface area contributed by atoms with Crippen LogP contribution in [-0.2, 0) is 4.79 Å². The van der Waals surface area contributed by atoms with E-state index in [-0.39, 0.29) is 11.1 Å². The van der Waals surface area contributed by atoms with Crippen LogP contribution >= 0.6 is 11.6 Å². The number of aliphatic imine (C=N–C) groups is 1. The summed E-state index contributed by atoms with van der Waals surface area (Å²) in [6, 6.07) is 1.77. The number of carbonyl (C=O) groups is 1. The molecule has 122 valence electrons. The van der Waals surface area contributed by atoms with Gasteiger partial charge in [-0.3, -0.25) is 4.79 Å². The van der Waals surface area contributed by atoms with Crippen LogP contribution in [0.5, 0.6) is 0 Å². The summed E-state index contributed by atoms with van der Waals surface area (Å²) in [4.78, 5) is 15.9. The van der Waals surface area contributed by atoms with E-state index in [1.807, 2.05) is 0 Å². The molecular weight excluding hydrogens is 302 g/mol. The highest BCUT2D eigenvalue weighted by atomic mass is 35.5. The number of halogens is 1. The molecule has 0 rings (SSSR count). The Morgan fingerprint density at radius 2 is 1.91 bits per heavy atom. The van der Waals surface area contributed by atoms with E-state index in [0.29, 0.717) is 6.42 Å². The van der Waals surface area contributed by atoms with Gasteiger partial charge in [0.1, 0.15) is 5.16 Å². The van der Waals surface area contributed by atoms with E-state index in [2.05, 4.69) is 17.0 Å². The highest BCUT2D eigenvalue weighted by Gasteiger charge is 2.13. The first-order valence-electron chi connectivity index (χ1n) is 7.35. The van der Waals surface area contributed by atoms with Crippen LogP contribution in [0.25, 0.3) is 0 Å². The largest absolute Gasteiger partial charge is 0.271 e. The van der Waals surface area contributed by atoms with Crippen molar-refractivity contribution in [3.63, 3.8) is 0 Å². The molecule has 7 heteroatoms. The van der Waals surface area contributed by atoms with Crippen molar-refractivity contribution in [1.29, 1.82) is 5.26 Å². The molecule has 0 spiro atoms. The Balaban J connectivity index is 4.38. The topological polar surface area (TPSA) is 72.1 Å². The maximum Gasteiger partial charge on any atom is 0.257 e. The molecule has 0 aliphatic carbocycles. The van der Waals surface area contributed by atoms with Gasteiger partial charge in [-0.15, -0.1) is 0 Å². The summed E-state index contributed by atoms with van der Waals surface area (Å²) in [6.45, 7) is 2.16. The first-order valence-corrected chi connectivity index (χ1v) is 7.72. The normalized spacial score (nSPS) is 12.3. The Morgan fingerprint density at radius 3 is 2.50 bits per heavy atom. The lowest BCUT2D eigenvalue weighted by molar-refractivity contribution is -0.144. The van der Waals surface area contributed by atoms with Gasteiger partial charge in [-0.25, -0.2) is 10.0 Å². The van der Waals surface area contributed by atoms with E-state index in [4.69, 9.17) is 16.9 Å². The number of unbranched alkanes of at least 4 members (excludes halogenated alkanes) is 4. The van der Waals surface area contributed by atoms with Crippen LogP contribution in [0.15, 0.2) is 21.3 Å². The third-order valence-electron chi connectivity index (χ3n) is 2.72. The fraction of sp³-hybridized carbons (Fsp3) is 0.600. The first kappa shape index (κ1) is 20.3. The molecule has 1 amide bonds. The Labute approximate surface area is 137 Å². The zero-order valence-electron chi connectivity index (χ0n) is 13.5. The number of hydrogen-bond acceptors (Lipinski definition) is 5. The monoisotopic (exact) mass is 325 g/mol. The van der Waals surface area contributed by atoms with Crippen molar-refractivity contribution in [3.05, 3.63) is 11.2 Å². The predicted octanol–water partition coefficient (Wildman–Crippen LogP) is 3.31. The van der Waals surface area contributed by atoms with Gasteiger partial charge < -0.3 is 0 Å². The van der Waals surface area contributed by atoms with Crippen LogP contribution in [0.3, 0.4) is 0 Å². The van der Waals surface area contributed by atoms with Gasteiger partial charge in [-0.1, -0.05) is 44.2 Å². The molecule has 22 heavy (non-hydrogen) atoms. The van der Waals surface area contributed by atoms with Crippen molar-refractivity contribution in [2.45, 2.75) is 45.4 Å². The van der Waals surface area contributed by atoms with E-state index in [1.165, 1.54) is 30.4 Å². The second-order valence-electron chi connectivity index (χ2n) is 4.83. The van der Waals surface area contributed by atoms with Crippen LogP contribution in [0.1, 0.15) is 45.4 Å². The zero-order valence-corrected chi connectivity index (χ0v) is 14.3. The number of hydrogen-bond donors (Lipinski definition) is 0. The summed E-state index contributed by atoms with van der Waals surface area (Å²) >= 11 is 5.62. The number of hydrazone groups is 1. The summed E-state index contributed by atoms with van der Waals surface area (Å²) in [5.74, 6) is -0.0650. The van der Waals surface area contributed by atoms with Crippen molar-refractivity contribution in [2.75, 3.05) is 14.1 Å². The van der Waals surface area contributed by atoms with Gasteiger partial charge in [-0.05, 0) is 6.42 Å². The van der Waals surface area contributed by atoms with Gasteiger partial charge in [0.25, 0.3) is 5.91 Å². The van der Waals surface area contributed by atoms with E-state index in [0.717, 1.165) is 25.3 Å². The van der Waals surface area contributed by atoms with Gasteiger partial charge in [0.05, 0.1) is 18.4 Å². The highest BCUT2D eigenvalue weighted by Crippen LogP contribution is 2.08. The maximum atomic E-state index is 12.1. The quantitative estimate of drug-likeness (QED) is 0.203. The van der Waals surface area contributed by atoms with Crippen LogP contribution in [0.4, 0.5) is 0 Å². The molecular formula is C15H24ClN5O. The molecule has 0 bridgehead atoms. The van der Waals surface area contributed by atoms with Gasteiger partial charge in [0, 0.05) is 26.7 Å². The molecule has 0 fully saturated rings. The Morgan fingerprint density at radius 1 is 1.23 bits per heavy atom. The van der Waals surface area contributed by atoms with E-state index in [1.54, 1.807) is 25.2 Å². The van der Waals surface area contributed by atoms with Crippen molar-refractivity contribution in [1.82, 2.24) is 10.1 Å². The standard InChI is InChI=1S/C15H24ClN5O/c1-4-5-6-7-8-9-15(22)21(20(2)3)19-13-12-18-14(16)10-11-17/h10,12-13H,4-9H2,1-3H3. The highest BCUT2D eigenvalue weighted by molar-refractivity contribution is 6.31. The summed E-state index contributed by atoms with van der Waals surface area (Å²) in [5, 5.41) is 15.4. The van der Waals surface area contributed by atoms with E-state index in [9.17, 15) is 4.79 Å². The first-order chi connectivity index (χ1) is 10.5. The molecule has 0 aromatic heterocycles. The van der Waals surface area contributed by atoms with E-state index < -0.39 is 0 Å². The second kappa shape index (κ2) is 13.0. The molecule has 0 aliphatic heterocycles. The molecule has 0 unspecified atom stereocenters. The van der Waals surface area contributed by atoms with Gasteiger partial charge >= 0.3 is 0 Å². The van der Waals surface area contributed by atoms with E-state index >= 15 is 0 Å². The minimum absolute atomic E-state index is 0.0626. The van der Waals surface area contributed by atoms with Crippen molar-refractivity contribution >= 4 is 29.9 Å². The molecule has 0 atom stereocenters. The summed E-state index contributed by atoms with van der Waals surface area (Å²) in [7, 11) is 3.48. The third kappa shape index (κ3) is 10.1. The maximum absolute atomic E-state index is 12.1. The van der Waals surface area contributed by atoms with Gasteiger partial charge in [0.2, 0.25) is 0 Å². The summed E-state index contributed by atoms with van der Waals surface area (Å²) < 4.78 is 0. The molecule has 0 heterocycles. The predicted molar refractivity (Wildman–Crippen MR) is 90.4 cm³/mol. The fourth-order valence-electron chi connectivity index (χ4n) is 1.66. The minimum atomic E-state index is -0.0650. The average Bonchev–Trinajstić information content (AvgIpc) is 2.46. The van der Waals surface area contributed by atoms with Crippen molar-refractivity contribution in [3.8, 4) is 6.07 Å². The number of rotatable bonds is 10. The van der Waals surface area contributed by atoms with Crippen LogP contribution in [-0.4, -0.2) is 42.6 Å². The summed E-state index contributed by atoms with van der Waals surface area (Å²) in [5.41, 5.74) is 0. The molecule has 0 aromatic carbocycles. The molecule has 0 aliphatic rings. The summed E-state index contributed by atoms with van der Waals surface area (Å²) in [6.07, 6.45) is 9.74. The van der Waals surface area contributed by atoms with Crippen molar-refractivity contribution in [2.24, 2.45) is 10.1 Å². The minimum Gasteiger partial charge on any atom is -0.271 e. The number of allylic oxidation sites excluding steroid dienone is 1. The molecule has 0 radical (unpaired) electrons. The van der Waals surface area contributed by atoms with Crippen molar-refractivity contribution < 1.29 is 4.79 Å². The lowest BCUT2D eigenvalue weighted by atomic mass is 10.1. The smallest absolute Gasteiger partial charge is 0.257 e. The van der Waals surface area contributed by atoms with Crippen LogP contribution in [0, 0.1) is 11.3 Å². The molecule has 0 N–H and O–H groups in total. The number of nitriles is 1. The SMILES string of the molecule is CCCCCCCC(=O)N(N=CC=NC(Cl)=CC#N)N(C)C. The number of nitrogens with zero attached hydrogens (tertiary/aromatic N) is 5. The lowest BCUT2D eigenvalue weighted by Crippen LogP contribution is -2.37. The molecule has 0 saturated carbocycles. The number of carbonyl (C=O) groups excluding carboxylic acids is 1. The lowest BCUT2D eigenvalue weighted by Gasteiger charge is -2.23. The zero-order chi connectivity index (χ0) is 16.8. The number of hydrazine groups is 1. The van der Waals surface area contributed by atoms with Crippen LogP contribution in [0.2, 0.25) is 0 Å². The average molecular weight is 326 g/mol. The number of amides is 1. The molecule has 6 nitrogen and oxygen atoms in total. The van der Waals surface area contributed by atoms with Gasteiger partial charge in [0.15, 0.2) is 0 Å². The fourth-order valence-corrected chi connectivity index (χ4v) is 1.76. The Kier molecular flexibility index (Phi) is 12.0. The molecule has 0 saturated heterocycles. The Hall–Kier alpha value is -1.71. The van der Waals surface area contributed by atoms with Crippen LogP contribution < -0.4 is 0 Å².